The van der Waals surface area contributed by atoms with E-state index in [1.165, 1.54) is 12.1 Å². The summed E-state index contributed by atoms with van der Waals surface area (Å²) in [5.41, 5.74) is 4.24. The van der Waals surface area contributed by atoms with Crippen LogP contribution < -0.4 is 5.43 Å². The zero-order valence-electron chi connectivity index (χ0n) is 16.2. The highest BCUT2D eigenvalue weighted by molar-refractivity contribution is 5.69. The third kappa shape index (κ3) is 4.85. The van der Waals surface area contributed by atoms with Crippen LogP contribution in [0.15, 0.2) is 84.0 Å². The maximum absolute atomic E-state index is 11.3. The fraction of sp³-hybridized carbons (Fsp3) is 0.136. The summed E-state index contributed by atoms with van der Waals surface area (Å²) in [5.74, 6) is 0.0178. The molecule has 0 amide bonds. The molecule has 0 aliphatic heterocycles. The second kappa shape index (κ2) is 9.42. The maximum Gasteiger partial charge on any atom is 0.301 e. The second-order valence-corrected chi connectivity index (χ2v) is 6.76. The standard InChI is InChI=1S/C22H20N4O4/c1-16(22(17-8-4-2-5-9-17)18-10-6-3-7-11-18)15-23-24-20-13-12-19(25(27)28)14-21(20)26(29)30/h2-16,22,24H,1H3/b23-15+. The van der Waals surface area contributed by atoms with Crippen LogP contribution in [0.3, 0.4) is 0 Å². The van der Waals surface area contributed by atoms with Crippen molar-refractivity contribution in [2.45, 2.75) is 12.8 Å². The molecule has 152 valence electrons. The number of benzene rings is 3. The van der Waals surface area contributed by atoms with E-state index in [-0.39, 0.29) is 23.2 Å². The Morgan fingerprint density at radius 2 is 1.43 bits per heavy atom. The number of hydrogen-bond donors (Lipinski definition) is 1. The van der Waals surface area contributed by atoms with Crippen molar-refractivity contribution in [1.29, 1.82) is 0 Å². The van der Waals surface area contributed by atoms with Crippen LogP contribution in [0.25, 0.3) is 0 Å². The maximum atomic E-state index is 11.3. The topological polar surface area (TPSA) is 111 Å². The van der Waals surface area contributed by atoms with E-state index in [4.69, 9.17) is 0 Å². The van der Waals surface area contributed by atoms with Gasteiger partial charge in [-0.15, -0.1) is 0 Å². The number of hydrogen-bond acceptors (Lipinski definition) is 6. The normalized spacial score (nSPS) is 12.1. The van der Waals surface area contributed by atoms with Crippen LogP contribution in [-0.4, -0.2) is 16.1 Å². The quantitative estimate of drug-likeness (QED) is 0.308. The first-order chi connectivity index (χ1) is 14.5. The van der Waals surface area contributed by atoms with Gasteiger partial charge in [-0.3, -0.25) is 25.7 Å². The van der Waals surface area contributed by atoms with Crippen LogP contribution in [-0.2, 0) is 0 Å². The molecular formula is C22H20N4O4. The number of nitrogens with zero attached hydrogens (tertiary/aromatic N) is 3. The van der Waals surface area contributed by atoms with Crippen molar-refractivity contribution in [2.75, 3.05) is 5.43 Å². The Bertz CT molecular complexity index is 1020. The van der Waals surface area contributed by atoms with Gasteiger partial charge in [-0.05, 0) is 17.2 Å². The summed E-state index contributed by atoms with van der Waals surface area (Å²) in [6.45, 7) is 2.01. The minimum atomic E-state index is -0.676. The van der Waals surface area contributed by atoms with Gasteiger partial charge >= 0.3 is 5.69 Å². The van der Waals surface area contributed by atoms with Crippen molar-refractivity contribution in [3.8, 4) is 0 Å². The zero-order chi connectivity index (χ0) is 21.5. The summed E-state index contributed by atoms with van der Waals surface area (Å²) in [4.78, 5) is 20.8. The molecule has 0 radical (unpaired) electrons. The Labute approximate surface area is 173 Å². The van der Waals surface area contributed by atoms with Gasteiger partial charge in [-0.2, -0.15) is 5.10 Å². The number of non-ortho nitro benzene ring substituents is 1. The lowest BCUT2D eigenvalue weighted by atomic mass is 9.82. The van der Waals surface area contributed by atoms with E-state index in [1.807, 2.05) is 43.3 Å². The fourth-order valence-corrected chi connectivity index (χ4v) is 3.31. The molecule has 0 saturated heterocycles. The first kappa shape index (κ1) is 20.7. The zero-order valence-corrected chi connectivity index (χ0v) is 16.2. The van der Waals surface area contributed by atoms with Gasteiger partial charge in [0.05, 0.1) is 15.9 Å². The third-order valence-corrected chi connectivity index (χ3v) is 4.73. The van der Waals surface area contributed by atoms with Gasteiger partial charge in [0, 0.05) is 24.1 Å². The van der Waals surface area contributed by atoms with Crippen LogP contribution >= 0.6 is 0 Å². The molecule has 0 aromatic heterocycles. The molecule has 0 aliphatic carbocycles. The molecule has 1 N–H and O–H groups in total. The van der Waals surface area contributed by atoms with Crippen molar-refractivity contribution in [2.24, 2.45) is 11.0 Å². The van der Waals surface area contributed by atoms with E-state index in [9.17, 15) is 20.2 Å². The van der Waals surface area contributed by atoms with Crippen LogP contribution in [0.4, 0.5) is 17.1 Å². The van der Waals surface area contributed by atoms with Crippen molar-refractivity contribution in [3.05, 3.63) is 110 Å². The molecule has 1 atom stereocenters. The lowest BCUT2D eigenvalue weighted by Crippen LogP contribution is -2.13. The third-order valence-electron chi connectivity index (χ3n) is 4.73. The van der Waals surface area contributed by atoms with Crippen LogP contribution in [0, 0.1) is 26.1 Å². The van der Waals surface area contributed by atoms with Gasteiger partial charge in [0.1, 0.15) is 5.69 Å². The fourth-order valence-electron chi connectivity index (χ4n) is 3.31. The minimum absolute atomic E-state index is 0.0283. The monoisotopic (exact) mass is 404 g/mol. The van der Waals surface area contributed by atoms with Crippen molar-refractivity contribution in [3.63, 3.8) is 0 Å². The Hall–Kier alpha value is -4.07. The van der Waals surface area contributed by atoms with Gasteiger partial charge < -0.3 is 0 Å². The van der Waals surface area contributed by atoms with Crippen molar-refractivity contribution >= 4 is 23.3 Å². The predicted molar refractivity (Wildman–Crippen MR) is 116 cm³/mol. The molecule has 0 fully saturated rings. The number of nitro benzene ring substituents is 2. The molecule has 1 unspecified atom stereocenters. The summed E-state index contributed by atoms with van der Waals surface area (Å²) in [7, 11) is 0. The summed E-state index contributed by atoms with van der Waals surface area (Å²) in [6.07, 6.45) is 1.69. The first-order valence-corrected chi connectivity index (χ1v) is 9.29. The van der Waals surface area contributed by atoms with Crippen molar-refractivity contribution < 1.29 is 9.85 Å². The largest absolute Gasteiger partial charge is 0.301 e. The lowest BCUT2D eigenvalue weighted by Gasteiger charge is -2.22. The molecule has 0 heterocycles. The van der Waals surface area contributed by atoms with E-state index in [1.54, 1.807) is 6.21 Å². The molecule has 0 spiro atoms. The van der Waals surface area contributed by atoms with Crippen LogP contribution in [0.2, 0.25) is 0 Å². The average molecular weight is 404 g/mol. The van der Waals surface area contributed by atoms with Gasteiger partial charge in [-0.1, -0.05) is 67.6 Å². The summed E-state index contributed by atoms with van der Waals surface area (Å²) < 4.78 is 0. The minimum Gasteiger partial charge on any atom is -0.272 e. The lowest BCUT2D eigenvalue weighted by molar-refractivity contribution is -0.393. The molecule has 3 aromatic carbocycles. The molecule has 0 saturated carbocycles. The smallest absolute Gasteiger partial charge is 0.272 e. The van der Waals surface area contributed by atoms with Gasteiger partial charge in [0.25, 0.3) is 5.69 Å². The van der Waals surface area contributed by atoms with Crippen LogP contribution in [0.5, 0.6) is 0 Å². The number of nitro groups is 2. The van der Waals surface area contributed by atoms with E-state index >= 15 is 0 Å². The molecule has 8 nitrogen and oxygen atoms in total. The molecule has 30 heavy (non-hydrogen) atoms. The van der Waals surface area contributed by atoms with E-state index in [2.05, 4.69) is 34.8 Å². The average Bonchev–Trinajstić information content (AvgIpc) is 2.75. The number of rotatable bonds is 8. The summed E-state index contributed by atoms with van der Waals surface area (Å²) in [6, 6.07) is 23.4. The van der Waals surface area contributed by atoms with Gasteiger partial charge in [0.15, 0.2) is 0 Å². The van der Waals surface area contributed by atoms with E-state index in [0.717, 1.165) is 17.2 Å². The highest BCUT2D eigenvalue weighted by atomic mass is 16.6. The Morgan fingerprint density at radius 3 is 1.93 bits per heavy atom. The number of nitrogens with one attached hydrogen (secondary N) is 1. The Kier molecular flexibility index (Phi) is 6.49. The molecule has 0 aliphatic rings. The Balaban J connectivity index is 1.84. The number of hydrazone groups is 1. The SMILES string of the molecule is CC(/C=N/Nc1ccc([N+](=O)[O-])cc1[N+](=O)[O-])C(c1ccccc1)c1ccccc1. The van der Waals surface area contributed by atoms with E-state index < -0.39 is 15.5 Å². The molecule has 3 rings (SSSR count). The van der Waals surface area contributed by atoms with Crippen molar-refractivity contribution in [1.82, 2.24) is 0 Å². The molecular weight excluding hydrogens is 384 g/mol. The highest BCUT2D eigenvalue weighted by Gasteiger charge is 2.21. The molecule has 8 heteroatoms. The van der Waals surface area contributed by atoms with Gasteiger partial charge in [-0.25, -0.2) is 0 Å². The van der Waals surface area contributed by atoms with Crippen LogP contribution in [0.1, 0.15) is 24.0 Å². The molecule has 3 aromatic rings. The second-order valence-electron chi connectivity index (χ2n) is 6.76. The molecule has 0 bridgehead atoms. The summed E-state index contributed by atoms with van der Waals surface area (Å²) >= 11 is 0. The van der Waals surface area contributed by atoms with Gasteiger partial charge in [0.2, 0.25) is 0 Å². The summed E-state index contributed by atoms with van der Waals surface area (Å²) in [5, 5.41) is 26.3. The predicted octanol–water partition coefficient (Wildman–Crippen LogP) is 5.37. The highest BCUT2D eigenvalue weighted by Crippen LogP contribution is 2.32. The number of anilines is 1. The first-order valence-electron chi connectivity index (χ1n) is 9.29. The van der Waals surface area contributed by atoms with E-state index in [0.29, 0.717) is 0 Å². The Morgan fingerprint density at radius 1 is 0.867 bits per heavy atom.